The largest absolute Gasteiger partial charge is 0.417 e. The minimum absolute atomic E-state index is 0.110. The molecule has 0 aliphatic heterocycles. The molecule has 0 radical (unpaired) electrons. The normalized spacial score (nSPS) is 11.6. The number of para-hydroxylation sites is 1. The van der Waals surface area contributed by atoms with Gasteiger partial charge >= 0.3 is 6.18 Å². The van der Waals surface area contributed by atoms with Gasteiger partial charge in [-0.1, -0.05) is 24.3 Å². The molecule has 1 heterocycles. The molecule has 0 saturated carbocycles. The lowest BCUT2D eigenvalue weighted by Crippen LogP contribution is -2.33. The first-order chi connectivity index (χ1) is 12.8. The quantitative estimate of drug-likeness (QED) is 0.758. The van der Waals surface area contributed by atoms with E-state index < -0.39 is 23.2 Å². The Bertz CT molecular complexity index is 1040. The predicted octanol–water partition coefficient (Wildman–Crippen LogP) is 3.60. The molecule has 0 aliphatic rings. The predicted molar refractivity (Wildman–Crippen MR) is 94.2 cm³/mol. The Hall–Kier alpha value is -3.16. The van der Waals surface area contributed by atoms with Crippen LogP contribution in [0.2, 0.25) is 0 Å². The summed E-state index contributed by atoms with van der Waals surface area (Å²) >= 11 is 0. The maximum Gasteiger partial charge on any atom is 0.417 e. The summed E-state index contributed by atoms with van der Waals surface area (Å²) in [6.07, 6.45) is -4.64. The van der Waals surface area contributed by atoms with E-state index in [1.807, 2.05) is 0 Å². The maximum atomic E-state index is 13.2. The monoisotopic (exact) mass is 375 g/mol. The fourth-order valence-electron chi connectivity index (χ4n) is 2.80. The van der Waals surface area contributed by atoms with Gasteiger partial charge in [-0.25, -0.2) is 4.98 Å². The van der Waals surface area contributed by atoms with Crippen LogP contribution < -0.4 is 5.56 Å². The van der Waals surface area contributed by atoms with Crippen LogP contribution >= 0.6 is 0 Å². The van der Waals surface area contributed by atoms with Gasteiger partial charge in [0.25, 0.3) is 11.5 Å². The summed E-state index contributed by atoms with van der Waals surface area (Å²) in [6.45, 7) is 1.69. The summed E-state index contributed by atoms with van der Waals surface area (Å²) in [7, 11) is 0. The van der Waals surface area contributed by atoms with Gasteiger partial charge in [-0.2, -0.15) is 13.2 Å². The molecule has 3 aromatic rings. The number of nitrogens with zero attached hydrogens (tertiary/aromatic N) is 2. The van der Waals surface area contributed by atoms with Crippen molar-refractivity contribution in [2.24, 2.45) is 0 Å². The highest BCUT2D eigenvalue weighted by molar-refractivity contribution is 5.95. The summed E-state index contributed by atoms with van der Waals surface area (Å²) < 4.78 is 39.6. The number of nitrogens with one attached hydrogen (secondary N) is 1. The number of carbonyl (C=O) groups excluding carboxylic acids is 1. The van der Waals surface area contributed by atoms with Crippen LogP contribution in [0.15, 0.2) is 53.3 Å². The van der Waals surface area contributed by atoms with E-state index in [1.54, 1.807) is 31.2 Å². The number of carbonyl (C=O) groups is 1. The average molecular weight is 375 g/mol. The Labute approximate surface area is 152 Å². The second-order valence-corrected chi connectivity index (χ2v) is 5.89. The number of H-pyrrole nitrogens is 1. The molecule has 27 heavy (non-hydrogen) atoms. The SMILES string of the molecule is CCN(Cc1nc2ccccc2c(=O)[nH]1)C(=O)c1ccccc1C(F)(F)F. The molecule has 8 heteroatoms. The van der Waals surface area contributed by atoms with E-state index in [2.05, 4.69) is 9.97 Å². The molecular formula is C19H16F3N3O2. The van der Waals surface area contributed by atoms with Gasteiger partial charge in [0.2, 0.25) is 0 Å². The van der Waals surface area contributed by atoms with Crippen molar-refractivity contribution in [1.29, 1.82) is 0 Å². The topological polar surface area (TPSA) is 66.1 Å². The van der Waals surface area contributed by atoms with Crippen LogP contribution in [0, 0.1) is 0 Å². The standard InChI is InChI=1S/C19H16F3N3O2/c1-2-25(18(27)12-7-3-5-9-14(12)19(20,21)22)11-16-23-15-10-6-4-8-13(15)17(26)24-16/h3-10H,2,11H2,1H3,(H,23,24,26). The molecule has 1 amide bonds. The van der Waals surface area contributed by atoms with Crippen molar-refractivity contribution in [3.05, 3.63) is 75.8 Å². The molecule has 0 saturated heterocycles. The fourth-order valence-corrected chi connectivity index (χ4v) is 2.80. The van der Waals surface area contributed by atoms with E-state index in [0.29, 0.717) is 10.9 Å². The highest BCUT2D eigenvalue weighted by Crippen LogP contribution is 2.32. The van der Waals surface area contributed by atoms with Crippen LogP contribution in [0.3, 0.4) is 0 Å². The van der Waals surface area contributed by atoms with E-state index in [0.717, 1.165) is 12.1 Å². The third-order valence-corrected chi connectivity index (χ3v) is 4.13. The summed E-state index contributed by atoms with van der Waals surface area (Å²) in [6, 6.07) is 11.3. The first-order valence-corrected chi connectivity index (χ1v) is 8.24. The number of alkyl halides is 3. The number of benzene rings is 2. The van der Waals surface area contributed by atoms with E-state index in [1.165, 1.54) is 17.0 Å². The van der Waals surface area contributed by atoms with Crippen LogP contribution in [0.1, 0.15) is 28.7 Å². The van der Waals surface area contributed by atoms with Crippen LogP contribution in [0.4, 0.5) is 13.2 Å². The lowest BCUT2D eigenvalue weighted by atomic mass is 10.1. The number of aromatic amines is 1. The van der Waals surface area contributed by atoms with Crippen LogP contribution in [0.25, 0.3) is 10.9 Å². The molecule has 0 spiro atoms. The van der Waals surface area contributed by atoms with E-state index in [9.17, 15) is 22.8 Å². The van der Waals surface area contributed by atoms with Crippen LogP contribution in [-0.2, 0) is 12.7 Å². The first-order valence-electron chi connectivity index (χ1n) is 8.24. The third kappa shape index (κ3) is 3.84. The lowest BCUT2D eigenvalue weighted by molar-refractivity contribution is -0.138. The average Bonchev–Trinajstić information content (AvgIpc) is 2.65. The molecular weight excluding hydrogens is 359 g/mol. The summed E-state index contributed by atoms with van der Waals surface area (Å²) in [5, 5.41) is 0.401. The van der Waals surface area contributed by atoms with Crippen molar-refractivity contribution in [2.75, 3.05) is 6.54 Å². The Kier molecular flexibility index (Phi) is 4.98. The number of halogens is 3. The number of amides is 1. The molecule has 2 aromatic carbocycles. The Morgan fingerprint density at radius 3 is 2.48 bits per heavy atom. The molecule has 0 fully saturated rings. The van der Waals surface area contributed by atoms with Crippen molar-refractivity contribution in [1.82, 2.24) is 14.9 Å². The zero-order valence-corrected chi connectivity index (χ0v) is 14.4. The first kappa shape index (κ1) is 18.6. The van der Waals surface area contributed by atoms with Gasteiger partial charge in [0.05, 0.1) is 28.6 Å². The van der Waals surface area contributed by atoms with Crippen molar-refractivity contribution >= 4 is 16.8 Å². The van der Waals surface area contributed by atoms with E-state index in [4.69, 9.17) is 0 Å². The molecule has 0 aliphatic carbocycles. The molecule has 5 nitrogen and oxygen atoms in total. The summed E-state index contributed by atoms with van der Waals surface area (Å²) in [5.74, 6) is -0.570. The Morgan fingerprint density at radius 1 is 1.11 bits per heavy atom. The van der Waals surface area contributed by atoms with Gasteiger partial charge in [0.15, 0.2) is 0 Å². The lowest BCUT2D eigenvalue weighted by Gasteiger charge is -2.22. The van der Waals surface area contributed by atoms with Gasteiger partial charge in [-0.15, -0.1) is 0 Å². The number of rotatable bonds is 4. The molecule has 0 atom stereocenters. The molecule has 1 aromatic heterocycles. The van der Waals surface area contributed by atoms with Gasteiger partial charge in [-0.05, 0) is 31.2 Å². The fraction of sp³-hybridized carbons (Fsp3) is 0.211. The molecule has 140 valence electrons. The molecule has 3 rings (SSSR count). The minimum atomic E-state index is -4.64. The highest BCUT2D eigenvalue weighted by atomic mass is 19.4. The van der Waals surface area contributed by atoms with Gasteiger partial charge in [0, 0.05) is 6.54 Å². The van der Waals surface area contributed by atoms with Gasteiger partial charge in [0.1, 0.15) is 5.82 Å². The molecule has 0 unspecified atom stereocenters. The zero-order chi connectivity index (χ0) is 19.6. The third-order valence-electron chi connectivity index (χ3n) is 4.13. The van der Waals surface area contributed by atoms with Crippen LogP contribution in [0.5, 0.6) is 0 Å². The second kappa shape index (κ2) is 7.22. The van der Waals surface area contributed by atoms with Crippen molar-refractivity contribution in [2.45, 2.75) is 19.6 Å². The van der Waals surface area contributed by atoms with E-state index >= 15 is 0 Å². The van der Waals surface area contributed by atoms with Gasteiger partial charge < -0.3 is 9.88 Å². The summed E-state index contributed by atoms with van der Waals surface area (Å²) in [5.41, 5.74) is -1.34. The van der Waals surface area contributed by atoms with Crippen LogP contribution in [-0.4, -0.2) is 27.3 Å². The van der Waals surface area contributed by atoms with Gasteiger partial charge in [-0.3, -0.25) is 9.59 Å². The maximum absolute atomic E-state index is 13.2. The highest BCUT2D eigenvalue weighted by Gasteiger charge is 2.35. The number of hydrogen-bond acceptors (Lipinski definition) is 3. The van der Waals surface area contributed by atoms with Crippen molar-refractivity contribution < 1.29 is 18.0 Å². The van der Waals surface area contributed by atoms with Crippen molar-refractivity contribution in [3.63, 3.8) is 0 Å². The Balaban J connectivity index is 1.95. The van der Waals surface area contributed by atoms with E-state index in [-0.39, 0.29) is 24.5 Å². The smallest absolute Gasteiger partial charge is 0.331 e. The van der Waals surface area contributed by atoms with Crippen molar-refractivity contribution in [3.8, 4) is 0 Å². The second-order valence-electron chi connectivity index (χ2n) is 5.89. The number of fused-ring (bicyclic) bond motifs is 1. The molecule has 1 N–H and O–H groups in total. The number of aromatic nitrogens is 2. The molecule has 0 bridgehead atoms. The Morgan fingerprint density at radius 2 is 1.78 bits per heavy atom. The zero-order valence-electron chi connectivity index (χ0n) is 14.4. The minimum Gasteiger partial charge on any atom is -0.331 e. The summed E-state index contributed by atoms with van der Waals surface area (Å²) in [4.78, 5) is 32.9. The number of hydrogen-bond donors (Lipinski definition) is 1.